The van der Waals surface area contributed by atoms with Gasteiger partial charge in [-0.25, -0.2) is 38.1 Å². The molecule has 6 aromatic carbocycles. The number of aliphatic hydroxyl groups is 2. The summed E-state index contributed by atoms with van der Waals surface area (Å²) in [5.74, 6) is -3.26. The Hall–Kier alpha value is -9.54. The van der Waals surface area contributed by atoms with Crippen molar-refractivity contribution in [3.05, 3.63) is 199 Å². The van der Waals surface area contributed by atoms with Gasteiger partial charge in [0.05, 0.1) is 44.6 Å². The normalized spacial score (nSPS) is 14.8. The molecule has 23 nitrogen and oxygen atoms in total. The molecule has 2 fully saturated rings. The number of hydrogen-bond acceptors (Lipinski definition) is 19. The Morgan fingerprint density at radius 1 is 0.606 bits per heavy atom. The van der Waals surface area contributed by atoms with Crippen LogP contribution in [0.2, 0.25) is 0 Å². The van der Waals surface area contributed by atoms with E-state index in [1.165, 1.54) is 74.5 Å². The number of ether oxygens (including phenoxy) is 2. The zero-order valence-electron chi connectivity index (χ0n) is 57.3. The molecule has 7 N–H and O–H groups in total. The molecule has 515 valence electrons. The van der Waals surface area contributed by atoms with Crippen LogP contribution in [-0.4, -0.2) is 112 Å². The van der Waals surface area contributed by atoms with Gasteiger partial charge in [0.1, 0.15) is 34.3 Å². The van der Waals surface area contributed by atoms with Gasteiger partial charge >= 0.3 is 41.5 Å². The smallest absolute Gasteiger partial charge is 0.793 e. The summed E-state index contributed by atoms with van der Waals surface area (Å²) in [5, 5.41) is 28.0. The van der Waals surface area contributed by atoms with Crippen molar-refractivity contribution in [3.8, 4) is 56.0 Å². The molecule has 3 radical (unpaired) electrons. The van der Waals surface area contributed by atoms with Crippen molar-refractivity contribution >= 4 is 55.4 Å². The number of benzene rings is 6. The number of anilines is 2. The van der Waals surface area contributed by atoms with Crippen molar-refractivity contribution in [1.82, 2.24) is 24.4 Å². The van der Waals surface area contributed by atoms with Crippen LogP contribution in [0, 0.1) is 39.3 Å². The van der Waals surface area contributed by atoms with Gasteiger partial charge in [-0.05, 0) is 169 Å². The van der Waals surface area contributed by atoms with Crippen LogP contribution in [0.4, 0.5) is 20.2 Å². The molecule has 0 saturated heterocycles. The fourth-order valence-corrected chi connectivity index (χ4v) is 11.0. The Bertz CT molecular complexity index is 4320. The second kappa shape index (κ2) is 38.0. The van der Waals surface area contributed by atoms with Crippen molar-refractivity contribution in [2.75, 3.05) is 24.9 Å². The fourth-order valence-electron chi connectivity index (χ4n) is 11.0. The monoisotopic (exact) mass is 1370 g/mol. The summed E-state index contributed by atoms with van der Waals surface area (Å²) in [5.41, 5.74) is 15.8. The Labute approximate surface area is 595 Å². The molecule has 8 aromatic rings. The standard InChI is InChI=1S/C33H35FN4O4.C28H24FN3O4.C5H11NO.C4H6O4.C2H3BO2.Na/c1-19-22(21-14-27(34)25(31(15-21)42-4)17-36-29-12-7-13-30(29)39)8-5-9-23(19)24-10-6-11-28(20(24)2)37-32(40)26-16-35-18-38(3)33(26)41;1-16-19(18-11-24(29)23(14-33)26(12-18)36-4)7-5-8-20(16)21-9-6-10-25(17(21)2)31-27(34)22-13-30-15-32(3)28(22)35;6-4-2-1-3-5(4)7;1-3(5)7-8-4(2)6;1-2(4)5-3;/h5-6,8-11,14-16,18,29-30,36,39H,7,12-13,17H2,1-4H3,(H,37,40);5-15H,1-4H3,(H,31,34);4-5,7H,1-3,6H2;1-2H3;1H3;/q;;;;-1;+1/t29-,30-;;4-,5-;;;/m0.0.../s1. The summed E-state index contributed by atoms with van der Waals surface area (Å²) < 4.78 is 47.0. The minimum atomic E-state index is -0.661. The first-order valence-corrected chi connectivity index (χ1v) is 31.0. The van der Waals surface area contributed by atoms with Gasteiger partial charge < -0.3 is 63.2 Å². The second-order valence-electron chi connectivity index (χ2n) is 23.0. The molecule has 2 saturated carbocycles. The summed E-state index contributed by atoms with van der Waals surface area (Å²) >= 11 is 0. The van der Waals surface area contributed by atoms with Crippen LogP contribution in [0.5, 0.6) is 11.5 Å². The van der Waals surface area contributed by atoms with Crippen LogP contribution in [0.25, 0.3) is 44.5 Å². The number of methoxy groups -OCH3 is 2. The van der Waals surface area contributed by atoms with E-state index in [0.717, 1.165) is 108 Å². The molecule has 99 heavy (non-hydrogen) atoms. The fraction of sp³-hybridized carbons (Fsp3) is 0.306. The van der Waals surface area contributed by atoms with Gasteiger partial charge in [-0.1, -0.05) is 60.7 Å². The van der Waals surface area contributed by atoms with Crippen LogP contribution in [0.3, 0.4) is 0 Å². The van der Waals surface area contributed by atoms with Gasteiger partial charge in [-0.3, -0.25) is 28.8 Å². The molecule has 2 aromatic heterocycles. The van der Waals surface area contributed by atoms with Gasteiger partial charge in [0.25, 0.3) is 22.9 Å². The SMILES string of the molecule is CC(=O)OOC(C)=O.COc1cc(-c2cccc(-c3cccc(NC(=O)c4cncn(C)c4=O)c3C)c2C)cc(F)c1C=O.COc1cc(-c2cccc(-c3cccc(NC(=O)c4cncn(C)c4=O)c3C)c2C)cc(F)c1CN[C@H]1CCC[C@@H]1O.N[C@H]1CCC[C@@H]1O.[B-]OC(C)=O.[Na+]. The van der Waals surface area contributed by atoms with Crippen molar-refractivity contribution < 1.29 is 101 Å². The predicted molar refractivity (Wildman–Crippen MR) is 366 cm³/mol. The molecular formula is C72H79BF2N8NaO15. The van der Waals surface area contributed by atoms with Crippen LogP contribution >= 0.6 is 0 Å². The molecule has 27 heteroatoms. The largest absolute Gasteiger partial charge is 1.00 e. The van der Waals surface area contributed by atoms with E-state index in [1.54, 1.807) is 25.2 Å². The van der Waals surface area contributed by atoms with Crippen LogP contribution in [-0.2, 0) is 49.5 Å². The number of aliphatic hydroxyl groups excluding tert-OH is 2. The third kappa shape index (κ3) is 21.2. The minimum Gasteiger partial charge on any atom is -0.793 e. The Morgan fingerprint density at radius 3 is 1.38 bits per heavy atom. The van der Waals surface area contributed by atoms with Crippen LogP contribution in [0.1, 0.15) is 118 Å². The van der Waals surface area contributed by atoms with Gasteiger partial charge in [-0.2, -0.15) is 0 Å². The summed E-state index contributed by atoms with van der Waals surface area (Å²) in [6, 6.07) is 29.0. The number of aldehydes is 1. The van der Waals surface area contributed by atoms with Gasteiger partial charge in [0.15, 0.2) is 6.29 Å². The Balaban J connectivity index is 0.000000278. The topological polar surface area (TPSA) is 321 Å². The van der Waals surface area contributed by atoms with E-state index >= 15 is 4.39 Å². The molecule has 4 atom stereocenters. The summed E-state index contributed by atoms with van der Waals surface area (Å²) in [4.78, 5) is 106. The number of carbonyl (C=O) groups excluding carboxylic acids is 6. The van der Waals surface area contributed by atoms with E-state index < -0.39 is 52.8 Å². The van der Waals surface area contributed by atoms with E-state index in [-0.39, 0.29) is 82.5 Å². The zero-order valence-corrected chi connectivity index (χ0v) is 59.3. The average molecular weight is 1370 g/mol. The number of nitrogens with one attached hydrogen (secondary N) is 3. The number of nitrogens with zero attached hydrogens (tertiary/aromatic N) is 4. The van der Waals surface area contributed by atoms with Crippen molar-refractivity contribution in [2.24, 2.45) is 19.8 Å². The van der Waals surface area contributed by atoms with Crippen molar-refractivity contribution in [2.45, 2.75) is 118 Å². The Kier molecular flexibility index (Phi) is 30.8. The quantitative estimate of drug-likeness (QED) is 0.0289. The first kappa shape index (κ1) is 80.1. The van der Waals surface area contributed by atoms with E-state index in [2.05, 4.69) is 48.4 Å². The molecule has 0 unspecified atom stereocenters. The maximum absolute atomic E-state index is 15.5. The van der Waals surface area contributed by atoms with E-state index in [0.29, 0.717) is 40.1 Å². The van der Waals surface area contributed by atoms with Gasteiger partial charge in [0, 0.05) is 82.8 Å². The van der Waals surface area contributed by atoms with Gasteiger partial charge in [-0.15, -0.1) is 0 Å². The number of carbonyl (C=O) groups is 6. The van der Waals surface area contributed by atoms with Crippen molar-refractivity contribution in [1.29, 1.82) is 0 Å². The number of aromatic nitrogens is 4. The molecule has 10 rings (SSSR count). The average Bonchev–Trinajstić information content (AvgIpc) is 1.41. The second-order valence-corrected chi connectivity index (χ2v) is 23.0. The molecular weight excluding hydrogens is 1290 g/mol. The number of nitrogens with two attached hydrogens (primary N) is 1. The molecule has 2 amide bonds. The molecule has 2 heterocycles. The summed E-state index contributed by atoms with van der Waals surface area (Å²) in [7, 11) is 10.3. The summed E-state index contributed by atoms with van der Waals surface area (Å²) in [6.07, 6.45) is 10.6. The molecule has 0 bridgehead atoms. The van der Waals surface area contributed by atoms with E-state index in [4.69, 9.17) is 20.3 Å². The Morgan fingerprint density at radius 2 is 1.01 bits per heavy atom. The number of hydrogen-bond donors (Lipinski definition) is 6. The zero-order chi connectivity index (χ0) is 72.1. The van der Waals surface area contributed by atoms with E-state index in [1.807, 2.05) is 94.4 Å². The summed E-state index contributed by atoms with van der Waals surface area (Å²) in [6.45, 7) is 11.5. The maximum atomic E-state index is 15.5. The predicted octanol–water partition coefficient (Wildman–Crippen LogP) is 6.60. The van der Waals surface area contributed by atoms with Crippen molar-refractivity contribution in [3.63, 3.8) is 0 Å². The van der Waals surface area contributed by atoms with Crippen LogP contribution < -0.4 is 71.8 Å². The third-order valence-corrected chi connectivity index (χ3v) is 16.3. The molecule has 2 aliphatic carbocycles. The molecule has 0 aliphatic heterocycles. The molecule has 0 spiro atoms. The minimum absolute atomic E-state index is 0. The number of amides is 2. The van der Waals surface area contributed by atoms with Crippen LogP contribution in [0.15, 0.2) is 132 Å². The first-order valence-electron chi connectivity index (χ1n) is 31.0. The third-order valence-electron chi connectivity index (χ3n) is 16.3. The number of rotatable bonds is 14. The maximum Gasteiger partial charge on any atom is 1.00 e. The first-order chi connectivity index (χ1) is 46.6. The van der Waals surface area contributed by atoms with E-state index in [9.17, 15) is 47.9 Å². The molecule has 2 aliphatic rings. The number of halogens is 2. The number of aryl methyl sites for hydroxylation is 2. The van der Waals surface area contributed by atoms with Gasteiger partial charge in [0.2, 0.25) is 5.97 Å².